The SMILES string of the molecule is CC/C=C\C/C=C\C/C=C\C/C=C\C/C=C\CCCCCC(=O)OCC(COC1OC(C(=O)O)C(O)C(O)C1OC(=O)CCCCCCCC/C=C\C/C=C\C/C=C\CCCCC)OC(=O)CCCCCCCCCCC. The van der Waals surface area contributed by atoms with Crippen LogP contribution in [0, 0.1) is 0 Å². The molecule has 1 aliphatic rings. The van der Waals surface area contributed by atoms with Crippen LogP contribution < -0.4 is 0 Å². The minimum Gasteiger partial charge on any atom is -0.479 e. The molecule has 0 aliphatic carbocycles. The first-order valence-electron chi connectivity index (χ1n) is 30.2. The lowest BCUT2D eigenvalue weighted by molar-refractivity contribution is -0.301. The van der Waals surface area contributed by atoms with E-state index in [0.29, 0.717) is 19.3 Å². The number of rotatable bonds is 50. The van der Waals surface area contributed by atoms with Gasteiger partial charge < -0.3 is 39.0 Å². The second-order valence-corrected chi connectivity index (χ2v) is 20.3. The number of carboxylic acid groups (broad SMARTS) is 1. The zero-order valence-corrected chi connectivity index (χ0v) is 48.2. The summed E-state index contributed by atoms with van der Waals surface area (Å²) in [6.07, 6.45) is 56.7. The summed E-state index contributed by atoms with van der Waals surface area (Å²) in [5, 5.41) is 31.5. The summed E-state index contributed by atoms with van der Waals surface area (Å²) in [4.78, 5) is 51.1. The van der Waals surface area contributed by atoms with Crippen LogP contribution in [0.5, 0.6) is 0 Å². The van der Waals surface area contributed by atoms with Gasteiger partial charge in [-0.3, -0.25) is 14.4 Å². The van der Waals surface area contributed by atoms with Crippen LogP contribution in [-0.2, 0) is 42.9 Å². The fourth-order valence-corrected chi connectivity index (χ4v) is 8.52. The van der Waals surface area contributed by atoms with Crippen LogP contribution in [0.3, 0.4) is 0 Å². The number of aliphatic carboxylic acids is 1. The van der Waals surface area contributed by atoms with Crippen LogP contribution in [0.4, 0.5) is 0 Å². The lowest BCUT2D eigenvalue weighted by Gasteiger charge is -2.40. The van der Waals surface area contributed by atoms with Gasteiger partial charge in [0.1, 0.15) is 18.8 Å². The van der Waals surface area contributed by atoms with Gasteiger partial charge in [-0.25, -0.2) is 4.79 Å². The molecule has 0 radical (unpaired) electrons. The number of allylic oxidation sites excluding steroid dienone is 16. The minimum absolute atomic E-state index is 0.0394. The summed E-state index contributed by atoms with van der Waals surface area (Å²) < 4.78 is 28.4. The van der Waals surface area contributed by atoms with Crippen LogP contribution in [0.2, 0.25) is 0 Å². The Hall–Kier alpha value is -4.36. The first-order valence-corrected chi connectivity index (χ1v) is 30.2. The molecule has 12 heteroatoms. The molecule has 1 rings (SSSR count). The highest BCUT2D eigenvalue weighted by atomic mass is 16.7. The highest BCUT2D eigenvalue weighted by molar-refractivity contribution is 5.74. The van der Waals surface area contributed by atoms with Gasteiger partial charge in [-0.2, -0.15) is 0 Å². The average molecular weight is 1080 g/mol. The molecule has 0 aromatic carbocycles. The zero-order valence-electron chi connectivity index (χ0n) is 48.2. The van der Waals surface area contributed by atoms with Crippen molar-refractivity contribution in [2.45, 2.75) is 276 Å². The van der Waals surface area contributed by atoms with Crippen LogP contribution >= 0.6 is 0 Å². The molecule has 6 atom stereocenters. The number of carboxylic acids is 1. The molecular weight excluding hydrogens is 973 g/mol. The van der Waals surface area contributed by atoms with E-state index in [0.717, 1.165) is 128 Å². The van der Waals surface area contributed by atoms with Gasteiger partial charge >= 0.3 is 23.9 Å². The largest absolute Gasteiger partial charge is 0.479 e. The normalized spacial score (nSPS) is 18.7. The number of aliphatic hydroxyl groups is 2. The summed E-state index contributed by atoms with van der Waals surface area (Å²) in [7, 11) is 0. The molecule has 1 heterocycles. The summed E-state index contributed by atoms with van der Waals surface area (Å²) >= 11 is 0. The molecule has 1 saturated heterocycles. The molecule has 0 amide bonds. The monoisotopic (exact) mass is 1080 g/mol. The van der Waals surface area contributed by atoms with E-state index in [1.807, 2.05) is 0 Å². The van der Waals surface area contributed by atoms with Crippen molar-refractivity contribution >= 4 is 23.9 Å². The van der Waals surface area contributed by atoms with Crippen molar-refractivity contribution in [1.29, 1.82) is 0 Å². The summed E-state index contributed by atoms with van der Waals surface area (Å²) in [6.45, 7) is 5.79. The average Bonchev–Trinajstić information content (AvgIpc) is 3.42. The molecule has 0 saturated carbocycles. The van der Waals surface area contributed by atoms with Gasteiger partial charge in [0.25, 0.3) is 0 Å². The summed E-state index contributed by atoms with van der Waals surface area (Å²) in [6, 6.07) is 0. The maximum absolute atomic E-state index is 13.1. The number of esters is 3. The van der Waals surface area contributed by atoms with E-state index in [1.165, 1.54) is 51.4 Å². The Morgan fingerprint density at radius 1 is 0.442 bits per heavy atom. The Morgan fingerprint density at radius 2 is 0.818 bits per heavy atom. The standard InChI is InChI=1S/C65H106O12/c1-4-7-10-13-16-19-21-23-25-27-29-31-33-35-37-40-42-45-48-51-57(66)73-54-56(75-58(67)52-49-46-43-39-18-15-12-9-6-3)55-74-65-63(61(70)60(69)62(77-65)64(71)72)76-59(68)53-50-47-44-41-38-36-34-32-30-28-26-24-22-20-17-14-11-8-5-2/h7,10,16-17,19-20,23-26,29-32,35,37,56,60-63,65,69-70H,4-6,8-9,11-15,18,21-22,27-28,33-34,36,38-55H2,1-3H3,(H,71,72)/b10-7-,19-16-,20-17-,25-23-,26-24-,31-29-,32-30-,37-35-. The van der Waals surface area contributed by atoms with E-state index in [1.54, 1.807) is 0 Å². The van der Waals surface area contributed by atoms with Gasteiger partial charge in [-0.05, 0) is 103 Å². The molecule has 3 N–H and O–H groups in total. The van der Waals surface area contributed by atoms with Crippen molar-refractivity contribution in [2.24, 2.45) is 0 Å². The third kappa shape index (κ3) is 42.3. The Kier molecular flexibility index (Phi) is 48.0. The molecule has 12 nitrogen and oxygen atoms in total. The smallest absolute Gasteiger partial charge is 0.335 e. The first-order chi connectivity index (χ1) is 37.6. The Morgan fingerprint density at radius 3 is 1.29 bits per heavy atom. The molecule has 0 aromatic heterocycles. The molecule has 1 aliphatic heterocycles. The van der Waals surface area contributed by atoms with E-state index >= 15 is 0 Å². The number of hydrogen-bond donors (Lipinski definition) is 3. The van der Waals surface area contributed by atoms with Gasteiger partial charge in [0.15, 0.2) is 24.6 Å². The van der Waals surface area contributed by atoms with E-state index in [4.69, 9.17) is 23.7 Å². The van der Waals surface area contributed by atoms with Crippen LogP contribution in [0.15, 0.2) is 97.2 Å². The molecule has 6 unspecified atom stereocenters. The molecule has 0 aromatic rings. The third-order valence-corrected chi connectivity index (χ3v) is 13.1. The second-order valence-electron chi connectivity index (χ2n) is 20.3. The molecule has 77 heavy (non-hydrogen) atoms. The maximum Gasteiger partial charge on any atom is 0.335 e. The number of ether oxygens (including phenoxy) is 5. The van der Waals surface area contributed by atoms with Crippen molar-refractivity contribution in [3.05, 3.63) is 97.2 Å². The van der Waals surface area contributed by atoms with Crippen molar-refractivity contribution in [3.8, 4) is 0 Å². The lowest BCUT2D eigenvalue weighted by atomic mass is 9.98. The maximum atomic E-state index is 13.1. The molecule has 0 bridgehead atoms. The Bertz CT molecular complexity index is 1710. The van der Waals surface area contributed by atoms with E-state index in [2.05, 4.69) is 118 Å². The van der Waals surface area contributed by atoms with Crippen molar-refractivity contribution in [1.82, 2.24) is 0 Å². The van der Waals surface area contributed by atoms with Gasteiger partial charge in [-0.15, -0.1) is 0 Å². The van der Waals surface area contributed by atoms with Crippen LogP contribution in [0.1, 0.15) is 239 Å². The Balaban J connectivity index is 2.66. The quantitative estimate of drug-likeness (QED) is 0.0228. The van der Waals surface area contributed by atoms with Gasteiger partial charge in [0, 0.05) is 19.3 Å². The van der Waals surface area contributed by atoms with Gasteiger partial charge in [0.05, 0.1) is 6.61 Å². The third-order valence-electron chi connectivity index (χ3n) is 13.1. The number of carbonyl (C=O) groups excluding carboxylic acids is 3. The predicted octanol–water partition coefficient (Wildman–Crippen LogP) is 15.7. The summed E-state index contributed by atoms with van der Waals surface area (Å²) in [5.74, 6) is -3.18. The van der Waals surface area contributed by atoms with E-state index < -0.39 is 67.3 Å². The number of carbonyl (C=O) groups is 4. The number of aliphatic hydroxyl groups excluding tert-OH is 2. The highest BCUT2D eigenvalue weighted by Crippen LogP contribution is 2.26. The molecule has 438 valence electrons. The zero-order chi connectivity index (χ0) is 56.1. The fraction of sp³-hybridized carbons (Fsp3) is 0.692. The van der Waals surface area contributed by atoms with E-state index in [9.17, 15) is 34.5 Å². The number of unbranched alkanes of at least 4 members (excludes halogenated alkanes) is 20. The minimum atomic E-state index is -1.91. The van der Waals surface area contributed by atoms with E-state index in [-0.39, 0.29) is 25.9 Å². The molecular formula is C65H106O12. The fourth-order valence-electron chi connectivity index (χ4n) is 8.52. The predicted molar refractivity (Wildman–Crippen MR) is 312 cm³/mol. The summed E-state index contributed by atoms with van der Waals surface area (Å²) in [5.41, 5.74) is 0. The Labute approximate surface area is 466 Å². The number of hydrogen-bond acceptors (Lipinski definition) is 11. The van der Waals surface area contributed by atoms with Gasteiger partial charge in [0.2, 0.25) is 0 Å². The molecule has 0 spiro atoms. The van der Waals surface area contributed by atoms with Crippen molar-refractivity contribution in [2.75, 3.05) is 13.2 Å². The first kappa shape index (κ1) is 70.7. The van der Waals surface area contributed by atoms with Crippen LogP contribution in [0.25, 0.3) is 0 Å². The van der Waals surface area contributed by atoms with Crippen molar-refractivity contribution < 1.29 is 58.2 Å². The lowest BCUT2D eigenvalue weighted by Crippen LogP contribution is -2.61. The van der Waals surface area contributed by atoms with Crippen molar-refractivity contribution in [3.63, 3.8) is 0 Å². The van der Waals surface area contributed by atoms with Crippen LogP contribution in [-0.4, -0.2) is 89.2 Å². The molecule has 1 fully saturated rings. The highest BCUT2D eigenvalue weighted by Gasteiger charge is 2.50. The second kappa shape index (κ2) is 52.3. The van der Waals surface area contributed by atoms with Gasteiger partial charge in [-0.1, -0.05) is 214 Å². The topological polar surface area (TPSA) is 175 Å².